The first-order valence-electron chi connectivity index (χ1n) is 6.36. The van der Waals surface area contributed by atoms with Crippen molar-refractivity contribution in [3.05, 3.63) is 34.1 Å². The predicted octanol–water partition coefficient (Wildman–Crippen LogP) is 4.97. The standard InChI is InChI=1S/C14H20Br2FN/c1-3-13(4-2)18(8-7-15)10-11-9-12(16)5-6-14(11)17/h5-6,9,13H,3-4,7-8,10H2,1-2H3. The number of hydrogen-bond acceptors (Lipinski definition) is 1. The molecule has 1 aromatic rings. The van der Waals surface area contributed by atoms with E-state index in [0.717, 1.165) is 34.8 Å². The zero-order valence-corrected chi connectivity index (χ0v) is 14.1. The van der Waals surface area contributed by atoms with Gasteiger partial charge in [-0.15, -0.1) is 0 Å². The summed E-state index contributed by atoms with van der Waals surface area (Å²) in [5.74, 6) is -0.122. The van der Waals surface area contributed by atoms with E-state index in [-0.39, 0.29) is 5.82 Å². The van der Waals surface area contributed by atoms with Crippen molar-refractivity contribution in [2.75, 3.05) is 11.9 Å². The molecule has 0 unspecified atom stereocenters. The Kier molecular flexibility index (Phi) is 7.42. The molecular formula is C14H20Br2FN. The quantitative estimate of drug-likeness (QED) is 0.603. The summed E-state index contributed by atoms with van der Waals surface area (Å²) < 4.78 is 14.7. The molecule has 0 saturated heterocycles. The van der Waals surface area contributed by atoms with E-state index in [2.05, 4.69) is 50.6 Å². The van der Waals surface area contributed by atoms with Crippen LogP contribution in [0.1, 0.15) is 32.3 Å². The Hall–Kier alpha value is 0.0700. The summed E-state index contributed by atoms with van der Waals surface area (Å²) in [5, 5.41) is 0.916. The van der Waals surface area contributed by atoms with E-state index >= 15 is 0 Å². The van der Waals surface area contributed by atoms with Crippen molar-refractivity contribution in [3.63, 3.8) is 0 Å². The summed E-state index contributed by atoms with van der Waals surface area (Å²) in [4.78, 5) is 2.35. The van der Waals surface area contributed by atoms with Gasteiger partial charge in [0.15, 0.2) is 0 Å². The number of halogens is 3. The van der Waals surface area contributed by atoms with E-state index in [1.54, 1.807) is 6.07 Å². The topological polar surface area (TPSA) is 3.24 Å². The average Bonchev–Trinajstić information content (AvgIpc) is 2.35. The van der Waals surface area contributed by atoms with Gasteiger partial charge in [-0.1, -0.05) is 45.7 Å². The van der Waals surface area contributed by atoms with E-state index in [1.807, 2.05) is 6.07 Å². The largest absolute Gasteiger partial charge is 0.295 e. The Labute approximate surface area is 126 Å². The zero-order valence-electron chi connectivity index (χ0n) is 10.9. The van der Waals surface area contributed by atoms with Gasteiger partial charge in [-0.05, 0) is 31.0 Å². The second-order valence-electron chi connectivity index (χ2n) is 4.37. The maximum atomic E-state index is 13.8. The summed E-state index contributed by atoms with van der Waals surface area (Å²) >= 11 is 6.88. The highest BCUT2D eigenvalue weighted by Crippen LogP contribution is 2.20. The molecule has 18 heavy (non-hydrogen) atoms. The van der Waals surface area contributed by atoms with Crippen molar-refractivity contribution >= 4 is 31.9 Å². The maximum Gasteiger partial charge on any atom is 0.127 e. The first kappa shape index (κ1) is 16.1. The van der Waals surface area contributed by atoms with Gasteiger partial charge in [0, 0.05) is 34.5 Å². The Morgan fingerprint density at radius 1 is 1.28 bits per heavy atom. The maximum absolute atomic E-state index is 13.8. The molecule has 0 aromatic heterocycles. The van der Waals surface area contributed by atoms with E-state index in [1.165, 1.54) is 6.07 Å². The summed E-state index contributed by atoms with van der Waals surface area (Å²) in [6, 6.07) is 5.66. The fourth-order valence-electron chi connectivity index (χ4n) is 2.19. The molecule has 0 bridgehead atoms. The average molecular weight is 381 g/mol. The molecule has 0 radical (unpaired) electrons. The Balaban J connectivity index is 2.85. The smallest absolute Gasteiger partial charge is 0.127 e. The van der Waals surface area contributed by atoms with Gasteiger partial charge in [0.2, 0.25) is 0 Å². The lowest BCUT2D eigenvalue weighted by Gasteiger charge is -2.30. The Bertz CT molecular complexity index is 367. The van der Waals surface area contributed by atoms with Gasteiger partial charge in [0.25, 0.3) is 0 Å². The summed E-state index contributed by atoms with van der Waals surface area (Å²) in [5.41, 5.74) is 0.761. The molecule has 0 saturated carbocycles. The van der Waals surface area contributed by atoms with Crippen LogP contribution in [0.15, 0.2) is 22.7 Å². The molecule has 0 aliphatic heterocycles. The SMILES string of the molecule is CCC(CC)N(CCBr)Cc1cc(Br)ccc1F. The second kappa shape index (κ2) is 8.28. The van der Waals surface area contributed by atoms with Crippen LogP contribution >= 0.6 is 31.9 Å². The third kappa shape index (κ3) is 4.63. The number of nitrogens with zero attached hydrogens (tertiary/aromatic N) is 1. The fourth-order valence-corrected chi connectivity index (χ4v) is 3.05. The molecule has 1 rings (SSSR count). The highest BCUT2D eigenvalue weighted by molar-refractivity contribution is 9.10. The summed E-state index contributed by atoms with van der Waals surface area (Å²) in [6.07, 6.45) is 2.19. The summed E-state index contributed by atoms with van der Waals surface area (Å²) in [6.45, 7) is 5.99. The van der Waals surface area contributed by atoms with Crippen LogP contribution in [0.3, 0.4) is 0 Å². The third-order valence-corrected chi connectivity index (χ3v) is 4.06. The predicted molar refractivity (Wildman–Crippen MR) is 82.7 cm³/mol. The van der Waals surface area contributed by atoms with Gasteiger partial charge in [0.1, 0.15) is 5.82 Å². The van der Waals surface area contributed by atoms with Gasteiger partial charge in [-0.25, -0.2) is 4.39 Å². The molecule has 1 nitrogen and oxygen atoms in total. The molecule has 0 fully saturated rings. The van der Waals surface area contributed by atoms with Crippen molar-refractivity contribution in [3.8, 4) is 0 Å². The molecule has 0 atom stereocenters. The number of hydrogen-bond donors (Lipinski definition) is 0. The highest BCUT2D eigenvalue weighted by atomic mass is 79.9. The highest BCUT2D eigenvalue weighted by Gasteiger charge is 2.16. The minimum atomic E-state index is -0.122. The van der Waals surface area contributed by atoms with E-state index in [4.69, 9.17) is 0 Å². The van der Waals surface area contributed by atoms with E-state index in [9.17, 15) is 4.39 Å². The minimum absolute atomic E-state index is 0.122. The number of benzene rings is 1. The van der Waals surface area contributed by atoms with Crippen LogP contribution in [0.2, 0.25) is 0 Å². The van der Waals surface area contributed by atoms with Gasteiger partial charge in [-0.2, -0.15) is 0 Å². The van der Waals surface area contributed by atoms with Gasteiger partial charge >= 0.3 is 0 Å². The normalized spacial score (nSPS) is 11.5. The lowest BCUT2D eigenvalue weighted by molar-refractivity contribution is 0.187. The first-order chi connectivity index (χ1) is 8.62. The molecule has 1 aromatic carbocycles. The van der Waals surface area contributed by atoms with Crippen LogP contribution in [0.4, 0.5) is 4.39 Å². The van der Waals surface area contributed by atoms with Crippen LogP contribution in [-0.2, 0) is 6.54 Å². The zero-order chi connectivity index (χ0) is 13.5. The number of rotatable bonds is 7. The Morgan fingerprint density at radius 3 is 2.50 bits per heavy atom. The van der Waals surface area contributed by atoms with Crippen LogP contribution in [0, 0.1) is 5.82 Å². The van der Waals surface area contributed by atoms with Crippen LogP contribution in [0.5, 0.6) is 0 Å². The van der Waals surface area contributed by atoms with Gasteiger partial charge < -0.3 is 0 Å². The minimum Gasteiger partial charge on any atom is -0.295 e. The molecule has 0 heterocycles. The lowest BCUT2D eigenvalue weighted by atomic mass is 10.1. The summed E-state index contributed by atoms with van der Waals surface area (Å²) in [7, 11) is 0. The number of alkyl halides is 1. The van der Waals surface area contributed by atoms with Crippen molar-refractivity contribution in [2.24, 2.45) is 0 Å². The molecule has 0 aliphatic carbocycles. The van der Waals surface area contributed by atoms with Crippen LogP contribution in [-0.4, -0.2) is 22.8 Å². The third-order valence-electron chi connectivity index (χ3n) is 3.21. The molecule has 0 N–H and O–H groups in total. The molecule has 102 valence electrons. The van der Waals surface area contributed by atoms with Crippen molar-refractivity contribution in [1.82, 2.24) is 4.90 Å². The first-order valence-corrected chi connectivity index (χ1v) is 8.27. The van der Waals surface area contributed by atoms with E-state index in [0.29, 0.717) is 12.6 Å². The van der Waals surface area contributed by atoms with Crippen molar-refractivity contribution in [1.29, 1.82) is 0 Å². The Morgan fingerprint density at radius 2 is 1.94 bits per heavy atom. The molecule has 4 heteroatoms. The molecule has 0 spiro atoms. The van der Waals surface area contributed by atoms with Crippen LogP contribution in [0.25, 0.3) is 0 Å². The van der Waals surface area contributed by atoms with Crippen molar-refractivity contribution in [2.45, 2.75) is 39.3 Å². The molecular weight excluding hydrogens is 361 g/mol. The van der Waals surface area contributed by atoms with Crippen molar-refractivity contribution < 1.29 is 4.39 Å². The lowest BCUT2D eigenvalue weighted by Crippen LogP contribution is -2.35. The molecule has 0 amide bonds. The van der Waals surface area contributed by atoms with E-state index < -0.39 is 0 Å². The molecule has 0 aliphatic rings. The van der Waals surface area contributed by atoms with Gasteiger partial charge in [-0.3, -0.25) is 4.90 Å². The monoisotopic (exact) mass is 379 g/mol. The second-order valence-corrected chi connectivity index (χ2v) is 6.07. The van der Waals surface area contributed by atoms with Gasteiger partial charge in [0.05, 0.1) is 0 Å². The van der Waals surface area contributed by atoms with Crippen LogP contribution < -0.4 is 0 Å². The fraction of sp³-hybridized carbons (Fsp3) is 0.571.